The van der Waals surface area contributed by atoms with Gasteiger partial charge in [0.25, 0.3) is 0 Å². The highest BCUT2D eigenvalue weighted by atomic mass is 79.9. The highest BCUT2D eigenvalue weighted by Crippen LogP contribution is 2.30. The fourth-order valence-corrected chi connectivity index (χ4v) is 2.47. The number of furan rings is 1. The van der Waals surface area contributed by atoms with Gasteiger partial charge < -0.3 is 14.5 Å². The zero-order valence-corrected chi connectivity index (χ0v) is 12.7. The molecule has 4 heteroatoms. The van der Waals surface area contributed by atoms with E-state index < -0.39 is 0 Å². The number of halogens is 1. The molecule has 0 spiro atoms. The number of hydrogen-bond donors (Lipinski definition) is 1. The van der Waals surface area contributed by atoms with Gasteiger partial charge in [0, 0.05) is 0 Å². The van der Waals surface area contributed by atoms with Gasteiger partial charge in [-0.05, 0) is 59.2 Å². The maximum absolute atomic E-state index is 5.65. The molecule has 0 fully saturated rings. The van der Waals surface area contributed by atoms with Crippen molar-refractivity contribution in [1.82, 2.24) is 5.32 Å². The fraction of sp³-hybridized carbons (Fsp3) is 0.333. The van der Waals surface area contributed by atoms with Crippen LogP contribution in [0.15, 0.2) is 45.5 Å². The number of rotatable bonds is 6. The summed E-state index contributed by atoms with van der Waals surface area (Å²) in [5.41, 5.74) is 1.13. The van der Waals surface area contributed by atoms with E-state index in [-0.39, 0.29) is 6.04 Å². The summed E-state index contributed by atoms with van der Waals surface area (Å²) in [7, 11) is 1.92. The minimum Gasteiger partial charge on any atom is -0.492 e. The first kappa shape index (κ1) is 14.2. The van der Waals surface area contributed by atoms with E-state index in [1.807, 2.05) is 25.2 Å². The van der Waals surface area contributed by atoms with Crippen molar-refractivity contribution >= 4 is 15.9 Å². The Labute approximate surface area is 122 Å². The zero-order valence-electron chi connectivity index (χ0n) is 11.2. The van der Waals surface area contributed by atoms with Crippen LogP contribution in [0, 0.1) is 0 Å². The van der Waals surface area contributed by atoms with Gasteiger partial charge in [-0.15, -0.1) is 0 Å². The van der Waals surface area contributed by atoms with Crippen molar-refractivity contribution in [2.45, 2.75) is 19.4 Å². The zero-order chi connectivity index (χ0) is 13.7. The molecule has 1 N–H and O–H groups in total. The van der Waals surface area contributed by atoms with Gasteiger partial charge in [-0.25, -0.2) is 0 Å². The summed E-state index contributed by atoms with van der Waals surface area (Å²) in [4.78, 5) is 0. The normalized spacial score (nSPS) is 12.4. The van der Waals surface area contributed by atoms with Crippen LogP contribution in [0.4, 0.5) is 0 Å². The minimum atomic E-state index is 0.0477. The number of hydrogen-bond acceptors (Lipinski definition) is 3. The van der Waals surface area contributed by atoms with Crippen LogP contribution in [0.3, 0.4) is 0 Å². The lowest BCUT2D eigenvalue weighted by molar-refractivity contribution is 0.315. The molecule has 0 aliphatic rings. The number of benzene rings is 1. The van der Waals surface area contributed by atoms with E-state index in [4.69, 9.17) is 9.15 Å². The Kier molecular flexibility index (Phi) is 5.05. The third-order valence-corrected chi connectivity index (χ3v) is 3.49. The van der Waals surface area contributed by atoms with E-state index in [1.54, 1.807) is 6.26 Å². The van der Waals surface area contributed by atoms with Crippen LogP contribution in [0.1, 0.15) is 30.7 Å². The smallest absolute Gasteiger partial charge is 0.133 e. The molecule has 1 atom stereocenters. The van der Waals surface area contributed by atoms with Crippen molar-refractivity contribution in [3.05, 3.63) is 52.4 Å². The molecule has 0 saturated carbocycles. The summed E-state index contributed by atoms with van der Waals surface area (Å²) in [6.07, 6.45) is 2.69. The SMILES string of the molecule is CCCOc1ccc(C(NC)c2ccco2)cc1Br. The Hall–Kier alpha value is -1.26. The third-order valence-electron chi connectivity index (χ3n) is 2.87. The molecule has 2 aromatic rings. The molecule has 0 amide bonds. The van der Waals surface area contributed by atoms with Crippen molar-refractivity contribution in [2.75, 3.05) is 13.7 Å². The predicted octanol–water partition coefficient (Wildman–Crippen LogP) is 4.14. The highest BCUT2D eigenvalue weighted by Gasteiger charge is 2.16. The molecule has 102 valence electrons. The van der Waals surface area contributed by atoms with E-state index in [9.17, 15) is 0 Å². The van der Waals surface area contributed by atoms with E-state index in [0.717, 1.165) is 34.6 Å². The minimum absolute atomic E-state index is 0.0477. The van der Waals surface area contributed by atoms with Gasteiger partial charge in [0.1, 0.15) is 11.5 Å². The molecule has 3 nitrogen and oxygen atoms in total. The average Bonchev–Trinajstić information content (AvgIpc) is 2.92. The third kappa shape index (κ3) is 3.39. The molecule has 0 aliphatic heterocycles. The van der Waals surface area contributed by atoms with Gasteiger partial charge in [-0.3, -0.25) is 0 Å². The van der Waals surface area contributed by atoms with E-state index >= 15 is 0 Å². The summed E-state index contributed by atoms with van der Waals surface area (Å²) >= 11 is 3.55. The Morgan fingerprint density at radius 1 is 1.37 bits per heavy atom. The number of nitrogens with one attached hydrogen (secondary N) is 1. The Morgan fingerprint density at radius 3 is 2.79 bits per heavy atom. The second-order valence-corrected chi connectivity index (χ2v) is 5.13. The Morgan fingerprint density at radius 2 is 2.21 bits per heavy atom. The van der Waals surface area contributed by atoms with Crippen LogP contribution >= 0.6 is 15.9 Å². The maximum Gasteiger partial charge on any atom is 0.133 e. The second-order valence-electron chi connectivity index (χ2n) is 4.28. The van der Waals surface area contributed by atoms with Crippen LogP contribution in [0.5, 0.6) is 5.75 Å². The van der Waals surface area contributed by atoms with Gasteiger partial charge >= 0.3 is 0 Å². The summed E-state index contributed by atoms with van der Waals surface area (Å²) in [6, 6.07) is 10.0. The molecule has 0 radical (unpaired) electrons. The summed E-state index contributed by atoms with van der Waals surface area (Å²) in [6.45, 7) is 2.82. The van der Waals surface area contributed by atoms with Crippen LogP contribution in [0.2, 0.25) is 0 Å². The molecule has 1 aromatic heterocycles. The van der Waals surface area contributed by atoms with Crippen molar-refractivity contribution < 1.29 is 9.15 Å². The van der Waals surface area contributed by atoms with Gasteiger partial charge in [-0.1, -0.05) is 13.0 Å². The second kappa shape index (κ2) is 6.78. The van der Waals surface area contributed by atoms with Gasteiger partial charge in [0.15, 0.2) is 0 Å². The summed E-state index contributed by atoms with van der Waals surface area (Å²) < 4.78 is 12.1. The lowest BCUT2D eigenvalue weighted by Crippen LogP contribution is -2.17. The molecular weight excluding hydrogens is 306 g/mol. The summed E-state index contributed by atoms with van der Waals surface area (Å²) in [5.74, 6) is 1.77. The van der Waals surface area contributed by atoms with Crippen molar-refractivity contribution in [3.8, 4) is 5.75 Å². The highest BCUT2D eigenvalue weighted by molar-refractivity contribution is 9.10. The molecule has 0 aliphatic carbocycles. The average molecular weight is 324 g/mol. The molecule has 2 rings (SSSR count). The Bertz CT molecular complexity index is 511. The maximum atomic E-state index is 5.65. The van der Waals surface area contributed by atoms with Crippen molar-refractivity contribution in [1.29, 1.82) is 0 Å². The first-order valence-corrected chi connectivity index (χ1v) is 7.18. The first-order chi connectivity index (χ1) is 9.26. The molecule has 1 heterocycles. The quantitative estimate of drug-likeness (QED) is 0.867. The van der Waals surface area contributed by atoms with Gasteiger partial charge in [0.2, 0.25) is 0 Å². The van der Waals surface area contributed by atoms with Crippen LogP contribution < -0.4 is 10.1 Å². The van der Waals surface area contributed by atoms with Crippen LogP contribution in [-0.4, -0.2) is 13.7 Å². The lowest BCUT2D eigenvalue weighted by atomic mass is 10.0. The lowest BCUT2D eigenvalue weighted by Gasteiger charge is -2.16. The molecule has 19 heavy (non-hydrogen) atoms. The standard InChI is InChI=1S/C15H18BrNO2/c1-3-8-18-13-7-6-11(10-12(13)16)15(17-2)14-5-4-9-19-14/h4-7,9-10,15,17H,3,8H2,1-2H3. The molecular formula is C15H18BrNO2. The Balaban J connectivity index is 2.23. The molecule has 0 bridgehead atoms. The van der Waals surface area contributed by atoms with Crippen molar-refractivity contribution in [2.24, 2.45) is 0 Å². The van der Waals surface area contributed by atoms with E-state index in [2.05, 4.69) is 40.3 Å². The fourth-order valence-electron chi connectivity index (χ4n) is 1.95. The topological polar surface area (TPSA) is 34.4 Å². The number of ether oxygens (including phenoxy) is 1. The molecule has 1 aromatic carbocycles. The van der Waals surface area contributed by atoms with Crippen molar-refractivity contribution in [3.63, 3.8) is 0 Å². The van der Waals surface area contributed by atoms with Gasteiger partial charge in [-0.2, -0.15) is 0 Å². The van der Waals surface area contributed by atoms with E-state index in [0.29, 0.717) is 0 Å². The van der Waals surface area contributed by atoms with Crippen LogP contribution in [0.25, 0.3) is 0 Å². The molecule has 0 saturated heterocycles. The first-order valence-electron chi connectivity index (χ1n) is 6.39. The van der Waals surface area contributed by atoms with Crippen LogP contribution in [-0.2, 0) is 0 Å². The monoisotopic (exact) mass is 323 g/mol. The molecule has 1 unspecified atom stereocenters. The predicted molar refractivity (Wildman–Crippen MR) is 79.5 cm³/mol. The van der Waals surface area contributed by atoms with Gasteiger partial charge in [0.05, 0.1) is 23.4 Å². The van der Waals surface area contributed by atoms with E-state index in [1.165, 1.54) is 0 Å². The summed E-state index contributed by atoms with van der Waals surface area (Å²) in [5, 5.41) is 3.26. The largest absolute Gasteiger partial charge is 0.492 e.